The van der Waals surface area contributed by atoms with Crippen LogP contribution in [0.1, 0.15) is 32.4 Å². The molecule has 0 radical (unpaired) electrons. The molecule has 2 fully saturated rings. The number of thiophene rings is 1. The van der Waals surface area contributed by atoms with Gasteiger partial charge in [-0.15, -0.1) is 11.3 Å². The molecule has 3 aromatic rings. The van der Waals surface area contributed by atoms with Crippen LogP contribution in [0, 0.1) is 19.8 Å². The Balaban J connectivity index is 1.60. The molecular weight excluding hydrogens is 478 g/mol. The molecule has 0 unspecified atom stereocenters. The molecule has 186 valence electrons. The van der Waals surface area contributed by atoms with Gasteiger partial charge in [0.15, 0.2) is 6.10 Å². The van der Waals surface area contributed by atoms with Crippen molar-refractivity contribution < 1.29 is 24.0 Å². The van der Waals surface area contributed by atoms with E-state index in [-0.39, 0.29) is 10.6 Å². The lowest BCUT2D eigenvalue weighted by Gasteiger charge is -2.29. The summed E-state index contributed by atoms with van der Waals surface area (Å²) in [4.78, 5) is 50.4. The number of fused-ring (bicyclic) bond motifs is 1. The van der Waals surface area contributed by atoms with E-state index in [4.69, 9.17) is 9.57 Å². The highest BCUT2D eigenvalue weighted by atomic mass is 32.1. The molecule has 2 saturated heterocycles. The summed E-state index contributed by atoms with van der Waals surface area (Å²) in [5.74, 6) is -2.23. The minimum atomic E-state index is -1.01. The van der Waals surface area contributed by atoms with Gasteiger partial charge in [-0.3, -0.25) is 14.4 Å². The van der Waals surface area contributed by atoms with E-state index >= 15 is 0 Å². The van der Waals surface area contributed by atoms with Crippen molar-refractivity contribution in [1.82, 2.24) is 0 Å². The minimum absolute atomic E-state index is 0.244. The van der Waals surface area contributed by atoms with Gasteiger partial charge in [-0.25, -0.2) is 14.8 Å². The molecule has 0 N–H and O–H groups in total. The van der Waals surface area contributed by atoms with Gasteiger partial charge in [0, 0.05) is 24.7 Å². The Hall–Kier alpha value is -3.69. The number of benzene rings is 2. The normalized spacial score (nSPS) is 21.2. The number of aryl methyl sites for hydroxylation is 1. The monoisotopic (exact) mass is 505 g/mol. The molecule has 5 rings (SSSR count). The van der Waals surface area contributed by atoms with Crippen LogP contribution < -0.4 is 14.9 Å². The van der Waals surface area contributed by atoms with E-state index in [9.17, 15) is 14.4 Å². The lowest BCUT2D eigenvalue weighted by Crippen LogP contribution is -2.37. The Bertz CT molecular complexity index is 1340. The second kappa shape index (κ2) is 9.07. The van der Waals surface area contributed by atoms with Gasteiger partial charge in [-0.05, 0) is 49.2 Å². The second-order valence-electron chi connectivity index (χ2n) is 9.11. The summed E-state index contributed by atoms with van der Waals surface area (Å²) in [6.07, 6.45) is -1.01. The van der Waals surface area contributed by atoms with E-state index in [0.29, 0.717) is 5.56 Å². The number of para-hydroxylation sites is 1. The fourth-order valence-corrected chi connectivity index (χ4v) is 5.99. The topological polar surface area (TPSA) is 79.4 Å². The molecule has 3 atom stereocenters. The van der Waals surface area contributed by atoms with Crippen LogP contribution in [-0.2, 0) is 19.2 Å². The highest BCUT2D eigenvalue weighted by molar-refractivity contribution is 7.17. The maximum Gasteiger partial charge on any atom is 0.341 e. The standard InChI is InChI=1S/C27H27N3O5S/c1-15-16(2)36-26(20(15)27(33)34-5)29-24(31)21-22(17-11-13-18(14-12-17)28(3)4)30(35-23(21)25(29)32)19-9-7-6-8-10-19/h6-14,21-23H,1-5H3/t21-,22+,23+/m0/s1. The molecule has 2 aliphatic rings. The maximum atomic E-state index is 14.0. The summed E-state index contributed by atoms with van der Waals surface area (Å²) < 4.78 is 4.97. The first kappa shape index (κ1) is 24.0. The molecule has 0 spiro atoms. The van der Waals surface area contributed by atoms with Gasteiger partial charge in [0.05, 0.1) is 24.4 Å². The Morgan fingerprint density at radius 1 is 1.00 bits per heavy atom. The zero-order chi connectivity index (χ0) is 25.7. The van der Waals surface area contributed by atoms with Gasteiger partial charge < -0.3 is 9.64 Å². The molecule has 36 heavy (non-hydrogen) atoms. The number of hydrogen-bond donors (Lipinski definition) is 0. The number of esters is 1. The zero-order valence-electron chi connectivity index (χ0n) is 20.7. The molecule has 0 saturated carbocycles. The third-order valence-electron chi connectivity index (χ3n) is 6.84. The summed E-state index contributed by atoms with van der Waals surface area (Å²) in [7, 11) is 5.21. The van der Waals surface area contributed by atoms with Gasteiger partial charge in [-0.2, -0.15) is 0 Å². The highest BCUT2D eigenvalue weighted by Crippen LogP contribution is 2.49. The Labute approximate surface area is 213 Å². The average molecular weight is 506 g/mol. The van der Waals surface area contributed by atoms with Crippen molar-refractivity contribution in [3.63, 3.8) is 0 Å². The summed E-state index contributed by atoms with van der Waals surface area (Å²) in [6.45, 7) is 3.64. The Kier molecular flexibility index (Phi) is 6.05. The zero-order valence-corrected chi connectivity index (χ0v) is 21.5. The third kappa shape index (κ3) is 3.66. The number of hydrogen-bond acceptors (Lipinski definition) is 8. The number of methoxy groups -OCH3 is 1. The maximum absolute atomic E-state index is 14.0. The first-order valence-electron chi connectivity index (χ1n) is 11.6. The van der Waals surface area contributed by atoms with E-state index < -0.39 is 35.8 Å². The molecule has 2 amide bonds. The van der Waals surface area contributed by atoms with Gasteiger partial charge in [0.2, 0.25) is 5.91 Å². The fourth-order valence-electron chi connectivity index (χ4n) is 4.83. The number of carbonyl (C=O) groups excluding carboxylic acids is 3. The van der Waals surface area contributed by atoms with Crippen LogP contribution in [0.4, 0.5) is 16.4 Å². The second-order valence-corrected chi connectivity index (χ2v) is 10.3. The molecule has 3 heterocycles. The average Bonchev–Trinajstić information content (AvgIpc) is 3.49. The van der Waals surface area contributed by atoms with Crippen LogP contribution in [-0.4, -0.2) is 45.1 Å². The number of carbonyl (C=O) groups is 3. The third-order valence-corrected chi connectivity index (χ3v) is 8.03. The van der Waals surface area contributed by atoms with Crippen molar-refractivity contribution in [3.8, 4) is 0 Å². The lowest BCUT2D eigenvalue weighted by atomic mass is 9.90. The number of imide groups is 1. The van der Waals surface area contributed by atoms with Crippen molar-refractivity contribution in [3.05, 3.63) is 76.2 Å². The predicted octanol–water partition coefficient (Wildman–Crippen LogP) is 4.27. The van der Waals surface area contributed by atoms with Crippen LogP contribution in [0.15, 0.2) is 54.6 Å². The van der Waals surface area contributed by atoms with Crippen molar-refractivity contribution in [1.29, 1.82) is 0 Å². The quantitative estimate of drug-likeness (QED) is 0.379. The Morgan fingerprint density at radius 2 is 1.67 bits per heavy atom. The van der Waals surface area contributed by atoms with Crippen LogP contribution >= 0.6 is 11.3 Å². The van der Waals surface area contributed by atoms with Crippen molar-refractivity contribution >= 4 is 45.5 Å². The van der Waals surface area contributed by atoms with Crippen molar-refractivity contribution in [2.24, 2.45) is 5.92 Å². The van der Waals surface area contributed by atoms with Crippen LogP contribution in [0.25, 0.3) is 0 Å². The molecule has 0 aliphatic carbocycles. The molecule has 0 bridgehead atoms. The molecule has 9 heteroatoms. The van der Waals surface area contributed by atoms with E-state index in [2.05, 4.69) is 0 Å². The van der Waals surface area contributed by atoms with Crippen molar-refractivity contribution in [2.45, 2.75) is 26.0 Å². The van der Waals surface area contributed by atoms with Gasteiger partial charge in [0.1, 0.15) is 10.9 Å². The van der Waals surface area contributed by atoms with E-state index in [1.807, 2.05) is 80.5 Å². The number of rotatable bonds is 5. The van der Waals surface area contributed by atoms with Gasteiger partial charge in [0.25, 0.3) is 5.91 Å². The highest BCUT2D eigenvalue weighted by Gasteiger charge is 2.61. The number of nitrogens with zero attached hydrogens (tertiary/aromatic N) is 3. The summed E-state index contributed by atoms with van der Waals surface area (Å²) in [5.41, 5.74) is 3.56. The first-order chi connectivity index (χ1) is 17.2. The first-order valence-corrected chi connectivity index (χ1v) is 12.4. The van der Waals surface area contributed by atoms with Crippen LogP contribution in [0.5, 0.6) is 0 Å². The van der Waals surface area contributed by atoms with Gasteiger partial charge in [-0.1, -0.05) is 30.3 Å². The number of amides is 2. The molecular formula is C27H27N3O5S. The largest absolute Gasteiger partial charge is 0.465 e. The lowest BCUT2D eigenvalue weighted by molar-refractivity contribution is -0.126. The number of anilines is 3. The molecule has 8 nitrogen and oxygen atoms in total. The fraction of sp³-hybridized carbons (Fsp3) is 0.296. The summed E-state index contributed by atoms with van der Waals surface area (Å²) >= 11 is 1.24. The molecule has 1 aromatic heterocycles. The van der Waals surface area contributed by atoms with Crippen LogP contribution in [0.2, 0.25) is 0 Å². The summed E-state index contributed by atoms with van der Waals surface area (Å²) in [6, 6.07) is 16.8. The number of ether oxygens (including phenoxy) is 1. The SMILES string of the molecule is COC(=O)c1c(N2C(=O)[C@H]3[C@@H](c4ccc(N(C)C)cc4)N(c4ccccc4)O[C@H]3C2=O)sc(C)c1C. The van der Waals surface area contributed by atoms with E-state index in [1.54, 1.807) is 12.0 Å². The van der Waals surface area contributed by atoms with Crippen molar-refractivity contribution in [2.75, 3.05) is 36.1 Å². The predicted molar refractivity (Wildman–Crippen MR) is 138 cm³/mol. The molecule has 2 aromatic carbocycles. The van der Waals surface area contributed by atoms with E-state index in [0.717, 1.165) is 26.7 Å². The number of hydroxylamine groups is 1. The minimum Gasteiger partial charge on any atom is -0.465 e. The summed E-state index contributed by atoms with van der Waals surface area (Å²) in [5, 5.41) is 1.96. The van der Waals surface area contributed by atoms with Crippen LogP contribution in [0.3, 0.4) is 0 Å². The Morgan fingerprint density at radius 3 is 2.28 bits per heavy atom. The molecule has 2 aliphatic heterocycles. The van der Waals surface area contributed by atoms with Gasteiger partial charge >= 0.3 is 5.97 Å². The van der Waals surface area contributed by atoms with E-state index in [1.165, 1.54) is 18.4 Å². The smallest absolute Gasteiger partial charge is 0.341 e.